The molecule has 176 valence electrons. The third-order valence-electron chi connectivity index (χ3n) is 5.54. The van der Waals surface area contributed by atoms with Crippen LogP contribution in [0.5, 0.6) is 5.75 Å². The first kappa shape index (κ1) is 23.6. The van der Waals surface area contributed by atoms with Gasteiger partial charge in [0.25, 0.3) is 11.1 Å². The van der Waals surface area contributed by atoms with Crippen LogP contribution in [0.3, 0.4) is 0 Å². The van der Waals surface area contributed by atoms with Gasteiger partial charge in [0.15, 0.2) is 0 Å². The predicted octanol–water partition coefficient (Wildman–Crippen LogP) is 3.28. The van der Waals surface area contributed by atoms with Crippen LogP contribution in [0.15, 0.2) is 58.1 Å². The van der Waals surface area contributed by atoms with E-state index in [1.807, 2.05) is 54.6 Å². The normalized spacial score (nSPS) is 11.8. The molecule has 0 amide bonds. The van der Waals surface area contributed by atoms with E-state index in [2.05, 4.69) is 35.8 Å². The fourth-order valence-corrected chi connectivity index (χ4v) is 4.59. The van der Waals surface area contributed by atoms with Crippen molar-refractivity contribution in [2.75, 3.05) is 24.6 Å². The Morgan fingerprint density at radius 1 is 1.00 bits per heavy atom. The SMILES string of the molecule is CCCOc1ccc(Cc2nn3c(=O)/c(=C\c4ccc(N(CC)CC)cc4)sc3nc2=O)cc1. The summed E-state index contributed by atoms with van der Waals surface area (Å²) in [7, 11) is 0. The van der Waals surface area contributed by atoms with E-state index in [-0.39, 0.29) is 11.3 Å². The highest BCUT2D eigenvalue weighted by atomic mass is 32.1. The minimum absolute atomic E-state index is 0.241. The zero-order chi connectivity index (χ0) is 24.1. The van der Waals surface area contributed by atoms with Gasteiger partial charge in [-0.15, -0.1) is 0 Å². The molecule has 2 aromatic heterocycles. The molecule has 2 heterocycles. The summed E-state index contributed by atoms with van der Waals surface area (Å²) in [6.45, 7) is 8.83. The summed E-state index contributed by atoms with van der Waals surface area (Å²) in [6, 6.07) is 15.6. The molecule has 34 heavy (non-hydrogen) atoms. The number of thiazole rings is 1. The van der Waals surface area contributed by atoms with Crippen molar-refractivity contribution >= 4 is 28.1 Å². The summed E-state index contributed by atoms with van der Waals surface area (Å²) in [6.07, 6.45) is 3.05. The van der Waals surface area contributed by atoms with Gasteiger partial charge in [0, 0.05) is 25.2 Å². The van der Waals surface area contributed by atoms with E-state index >= 15 is 0 Å². The first-order valence-corrected chi connectivity index (χ1v) is 12.3. The number of rotatable bonds is 9. The zero-order valence-electron chi connectivity index (χ0n) is 19.7. The Kier molecular flexibility index (Phi) is 7.37. The smallest absolute Gasteiger partial charge is 0.296 e. The fraction of sp³-hybridized carbons (Fsp3) is 0.308. The Balaban J connectivity index is 1.62. The minimum Gasteiger partial charge on any atom is -0.494 e. The molecular formula is C26H28N4O3S. The average Bonchev–Trinajstić information content (AvgIpc) is 3.14. The van der Waals surface area contributed by atoms with Crippen LogP contribution in [0.25, 0.3) is 11.0 Å². The van der Waals surface area contributed by atoms with Crippen molar-refractivity contribution in [3.05, 3.63) is 90.6 Å². The lowest BCUT2D eigenvalue weighted by Crippen LogP contribution is -2.28. The molecule has 0 spiro atoms. The van der Waals surface area contributed by atoms with Gasteiger partial charge in [-0.1, -0.05) is 42.5 Å². The van der Waals surface area contributed by atoms with Crippen LogP contribution >= 0.6 is 11.3 Å². The number of hydrogen-bond acceptors (Lipinski definition) is 7. The number of aromatic nitrogens is 3. The molecule has 0 aliphatic carbocycles. The zero-order valence-corrected chi connectivity index (χ0v) is 20.5. The summed E-state index contributed by atoms with van der Waals surface area (Å²) in [4.78, 5) is 32.2. The van der Waals surface area contributed by atoms with Gasteiger partial charge in [-0.25, -0.2) is 0 Å². The van der Waals surface area contributed by atoms with Gasteiger partial charge in [0.1, 0.15) is 11.4 Å². The Morgan fingerprint density at radius 3 is 2.35 bits per heavy atom. The third-order valence-corrected chi connectivity index (χ3v) is 6.50. The molecule has 0 fully saturated rings. The first-order chi connectivity index (χ1) is 16.5. The second kappa shape index (κ2) is 10.6. The molecule has 2 aromatic carbocycles. The fourth-order valence-electron chi connectivity index (χ4n) is 3.69. The van der Waals surface area contributed by atoms with E-state index in [1.165, 1.54) is 15.9 Å². The molecule has 0 atom stereocenters. The lowest BCUT2D eigenvalue weighted by Gasteiger charge is -2.20. The first-order valence-electron chi connectivity index (χ1n) is 11.5. The maximum Gasteiger partial charge on any atom is 0.296 e. The van der Waals surface area contributed by atoms with Gasteiger partial charge < -0.3 is 9.64 Å². The molecule has 0 aliphatic heterocycles. The Hall–Kier alpha value is -3.52. The number of ether oxygens (including phenoxy) is 1. The Bertz CT molecular complexity index is 1420. The van der Waals surface area contributed by atoms with E-state index in [1.54, 1.807) is 0 Å². The van der Waals surface area contributed by atoms with E-state index in [0.717, 1.165) is 42.1 Å². The van der Waals surface area contributed by atoms with E-state index in [9.17, 15) is 9.59 Å². The molecular weight excluding hydrogens is 448 g/mol. The lowest BCUT2D eigenvalue weighted by molar-refractivity contribution is 0.317. The Labute approximate surface area is 202 Å². The number of hydrogen-bond donors (Lipinski definition) is 0. The molecule has 0 aliphatic rings. The quantitative estimate of drug-likeness (QED) is 0.369. The number of fused-ring (bicyclic) bond motifs is 1. The third kappa shape index (κ3) is 5.17. The van der Waals surface area contributed by atoms with Gasteiger partial charge in [-0.05, 0) is 61.7 Å². The summed E-state index contributed by atoms with van der Waals surface area (Å²) in [5.41, 5.74) is 2.51. The molecule has 0 unspecified atom stereocenters. The van der Waals surface area contributed by atoms with Crippen molar-refractivity contribution in [2.24, 2.45) is 0 Å². The maximum absolute atomic E-state index is 13.0. The highest BCUT2D eigenvalue weighted by Crippen LogP contribution is 2.16. The van der Waals surface area contributed by atoms with Crippen molar-refractivity contribution in [1.82, 2.24) is 14.6 Å². The van der Waals surface area contributed by atoms with Crippen LogP contribution < -0.4 is 25.3 Å². The average molecular weight is 477 g/mol. The second-order valence-electron chi connectivity index (χ2n) is 7.91. The van der Waals surface area contributed by atoms with Crippen LogP contribution in [-0.4, -0.2) is 34.3 Å². The summed E-state index contributed by atoms with van der Waals surface area (Å²) in [5.74, 6) is 0.786. The van der Waals surface area contributed by atoms with Crippen molar-refractivity contribution in [3.8, 4) is 5.75 Å². The molecule has 4 aromatic rings. The molecule has 0 saturated heterocycles. The van der Waals surface area contributed by atoms with Gasteiger partial charge >= 0.3 is 0 Å². The van der Waals surface area contributed by atoms with Crippen LogP contribution in [-0.2, 0) is 6.42 Å². The van der Waals surface area contributed by atoms with Crippen molar-refractivity contribution in [3.63, 3.8) is 0 Å². The highest BCUT2D eigenvalue weighted by molar-refractivity contribution is 7.15. The van der Waals surface area contributed by atoms with E-state index in [4.69, 9.17) is 4.74 Å². The lowest BCUT2D eigenvalue weighted by atomic mass is 10.1. The van der Waals surface area contributed by atoms with Gasteiger partial charge in [-0.3, -0.25) is 9.59 Å². The minimum atomic E-state index is -0.414. The standard InChI is InChI=1S/C26H28N4O3S/c1-4-15-33-21-13-9-18(10-14-21)16-22-24(31)27-26-30(28-22)25(32)23(34-26)17-19-7-11-20(12-8-19)29(5-2)6-3/h7-14,17H,4-6,15-16H2,1-3H3/b23-17+. The number of anilines is 1. The van der Waals surface area contributed by atoms with E-state index in [0.29, 0.717) is 22.5 Å². The molecule has 8 heteroatoms. The second-order valence-corrected chi connectivity index (χ2v) is 8.92. The predicted molar refractivity (Wildman–Crippen MR) is 137 cm³/mol. The van der Waals surface area contributed by atoms with Crippen molar-refractivity contribution in [2.45, 2.75) is 33.6 Å². The molecule has 4 rings (SSSR count). The van der Waals surface area contributed by atoms with Gasteiger partial charge in [-0.2, -0.15) is 14.6 Å². The van der Waals surface area contributed by atoms with E-state index < -0.39 is 5.56 Å². The topological polar surface area (TPSA) is 76.8 Å². The largest absolute Gasteiger partial charge is 0.494 e. The number of benzene rings is 2. The van der Waals surface area contributed by atoms with Crippen molar-refractivity contribution in [1.29, 1.82) is 0 Å². The summed E-state index contributed by atoms with van der Waals surface area (Å²) in [5, 5.41) is 4.35. The molecule has 0 bridgehead atoms. The summed E-state index contributed by atoms with van der Waals surface area (Å²) >= 11 is 1.17. The van der Waals surface area contributed by atoms with Crippen LogP contribution in [0, 0.1) is 0 Å². The monoisotopic (exact) mass is 476 g/mol. The molecule has 0 saturated carbocycles. The van der Waals surface area contributed by atoms with Crippen molar-refractivity contribution < 1.29 is 4.74 Å². The molecule has 7 nitrogen and oxygen atoms in total. The van der Waals surface area contributed by atoms with Crippen LogP contribution in [0.2, 0.25) is 0 Å². The highest BCUT2D eigenvalue weighted by Gasteiger charge is 2.12. The number of nitrogens with zero attached hydrogens (tertiary/aromatic N) is 4. The van der Waals surface area contributed by atoms with Gasteiger partial charge in [0.05, 0.1) is 11.1 Å². The van der Waals surface area contributed by atoms with Crippen LogP contribution in [0.1, 0.15) is 44.0 Å². The molecule has 0 N–H and O–H groups in total. The Morgan fingerprint density at radius 2 is 1.71 bits per heavy atom. The summed E-state index contributed by atoms with van der Waals surface area (Å²) < 4.78 is 7.32. The molecule has 0 radical (unpaired) electrons. The van der Waals surface area contributed by atoms with Crippen LogP contribution in [0.4, 0.5) is 5.69 Å². The van der Waals surface area contributed by atoms with Gasteiger partial charge in [0.2, 0.25) is 4.96 Å². The maximum atomic E-state index is 13.0.